The van der Waals surface area contributed by atoms with Crippen LogP contribution in [0.4, 0.5) is 0 Å². The molecule has 0 saturated carbocycles. The van der Waals surface area contributed by atoms with E-state index in [1.165, 1.54) is 0 Å². The molecule has 2 aliphatic rings. The molecule has 1 saturated heterocycles. The Hall–Kier alpha value is -3.66. The molecule has 2 aromatic heterocycles. The number of hydrogen-bond acceptors (Lipinski definition) is 6. The van der Waals surface area contributed by atoms with Gasteiger partial charge in [0.1, 0.15) is 11.3 Å². The molecule has 9 nitrogen and oxygen atoms in total. The number of nitrogens with one attached hydrogen (secondary N) is 1. The molecule has 38 heavy (non-hydrogen) atoms. The molecule has 2 aromatic carbocycles. The van der Waals surface area contributed by atoms with Crippen LogP contribution < -0.4 is 15.5 Å². The number of rotatable bonds is 6. The third kappa shape index (κ3) is 4.80. The van der Waals surface area contributed by atoms with E-state index in [2.05, 4.69) is 15.2 Å². The fourth-order valence-electron chi connectivity index (χ4n) is 5.13. The summed E-state index contributed by atoms with van der Waals surface area (Å²) >= 11 is 5.97. The van der Waals surface area contributed by atoms with Gasteiger partial charge in [-0.05, 0) is 35.4 Å². The summed E-state index contributed by atoms with van der Waals surface area (Å²) < 4.78 is 15.8. The number of nitrogens with zero attached hydrogens (tertiary/aromatic N) is 4. The molecule has 0 aliphatic carbocycles. The highest BCUT2D eigenvalue weighted by Gasteiger charge is 2.29. The van der Waals surface area contributed by atoms with E-state index in [1.807, 2.05) is 46.6 Å². The molecule has 2 aliphatic heterocycles. The fourth-order valence-corrected chi connectivity index (χ4v) is 5.26. The Bertz CT molecular complexity index is 1560. The predicted molar refractivity (Wildman–Crippen MR) is 144 cm³/mol. The highest BCUT2D eigenvalue weighted by molar-refractivity contribution is 6.30. The number of pyridine rings is 1. The van der Waals surface area contributed by atoms with Crippen LogP contribution in [0, 0.1) is 0 Å². The maximum atomic E-state index is 13.7. The van der Waals surface area contributed by atoms with Crippen molar-refractivity contribution in [3.05, 3.63) is 92.7 Å². The average Bonchev–Trinajstić information content (AvgIpc) is 3.36. The van der Waals surface area contributed by atoms with Crippen LogP contribution in [-0.4, -0.2) is 51.2 Å². The van der Waals surface area contributed by atoms with Gasteiger partial charge >= 0.3 is 0 Å². The first-order valence-corrected chi connectivity index (χ1v) is 13.0. The first kappa shape index (κ1) is 24.7. The third-order valence-electron chi connectivity index (χ3n) is 7.10. The number of carbonyl (C=O) groups excluding carboxylic acids is 1. The van der Waals surface area contributed by atoms with Crippen molar-refractivity contribution in [1.29, 1.82) is 0 Å². The lowest BCUT2D eigenvalue weighted by atomic mass is 10.0. The topological polar surface area (TPSA) is 90.6 Å². The molecule has 6 rings (SSSR count). The number of aromatic nitrogens is 3. The average molecular weight is 534 g/mol. The maximum absolute atomic E-state index is 13.7. The number of carbonyl (C=O) groups is 1. The van der Waals surface area contributed by atoms with Crippen LogP contribution in [0.3, 0.4) is 0 Å². The summed E-state index contributed by atoms with van der Waals surface area (Å²) in [6.45, 7) is 4.38. The van der Waals surface area contributed by atoms with Crippen molar-refractivity contribution in [3.8, 4) is 5.75 Å². The van der Waals surface area contributed by atoms with Crippen molar-refractivity contribution in [3.63, 3.8) is 0 Å². The van der Waals surface area contributed by atoms with Crippen LogP contribution in [0.2, 0.25) is 5.02 Å². The number of hydrogen-bond donors (Lipinski definition) is 1. The van der Waals surface area contributed by atoms with Crippen molar-refractivity contribution in [2.24, 2.45) is 7.05 Å². The van der Waals surface area contributed by atoms with Crippen LogP contribution in [0.1, 0.15) is 33.4 Å². The SMILES string of the molecule is Cn1ccnc1C1Cn2cc(C(=O)NCc3ccc(Cl)cc3)c(=O)c3cc(CN4CCOCC4)cc(c32)O1. The maximum Gasteiger partial charge on any atom is 0.257 e. The lowest BCUT2D eigenvalue weighted by Crippen LogP contribution is -2.36. The zero-order chi connectivity index (χ0) is 26.2. The molecule has 1 N–H and O–H groups in total. The molecule has 1 fully saturated rings. The predicted octanol–water partition coefficient (Wildman–Crippen LogP) is 3.28. The Kier molecular flexibility index (Phi) is 6.65. The zero-order valence-electron chi connectivity index (χ0n) is 21.0. The summed E-state index contributed by atoms with van der Waals surface area (Å²) in [4.78, 5) is 33.7. The van der Waals surface area contributed by atoms with E-state index >= 15 is 0 Å². The molecule has 1 unspecified atom stereocenters. The Morgan fingerprint density at radius 1 is 1.16 bits per heavy atom. The standard InChI is InChI=1S/C28H28ClN5O4/c1-32-7-6-30-27(32)24-17-34-16-22(28(36)31-14-18-2-4-20(29)5-3-18)26(35)21-12-19(13-23(38-24)25(21)34)15-33-8-10-37-11-9-33/h2-7,12-13,16,24H,8-11,14-15,17H2,1H3,(H,31,36). The summed E-state index contributed by atoms with van der Waals surface area (Å²) in [5.74, 6) is 0.973. The number of ether oxygens (including phenoxy) is 2. The van der Waals surface area contributed by atoms with Crippen molar-refractivity contribution >= 4 is 28.4 Å². The highest BCUT2D eigenvalue weighted by Crippen LogP contribution is 2.36. The minimum absolute atomic E-state index is 0.0985. The summed E-state index contributed by atoms with van der Waals surface area (Å²) in [7, 11) is 1.92. The van der Waals surface area contributed by atoms with Gasteiger partial charge in [0, 0.05) is 56.8 Å². The fraction of sp³-hybridized carbons (Fsp3) is 0.321. The largest absolute Gasteiger partial charge is 0.478 e. The molecule has 0 bridgehead atoms. The van der Waals surface area contributed by atoms with Crippen LogP contribution in [0.25, 0.3) is 10.9 Å². The number of morpholine rings is 1. The number of halogens is 1. The van der Waals surface area contributed by atoms with Gasteiger partial charge in [0.15, 0.2) is 11.9 Å². The van der Waals surface area contributed by atoms with Crippen LogP contribution in [0.15, 0.2) is 59.8 Å². The van der Waals surface area contributed by atoms with Crippen LogP contribution in [-0.2, 0) is 31.4 Å². The van der Waals surface area contributed by atoms with Gasteiger partial charge in [-0.15, -0.1) is 0 Å². The normalized spacial score (nSPS) is 17.4. The Morgan fingerprint density at radius 3 is 2.68 bits per heavy atom. The highest BCUT2D eigenvalue weighted by atomic mass is 35.5. The summed E-state index contributed by atoms with van der Waals surface area (Å²) in [5, 5.41) is 3.99. The van der Waals surface area contributed by atoms with E-state index in [4.69, 9.17) is 21.1 Å². The van der Waals surface area contributed by atoms with Gasteiger partial charge in [0.05, 0.1) is 30.7 Å². The van der Waals surface area contributed by atoms with Gasteiger partial charge in [0.2, 0.25) is 5.43 Å². The monoisotopic (exact) mass is 533 g/mol. The van der Waals surface area contributed by atoms with E-state index in [-0.39, 0.29) is 23.6 Å². The molecule has 0 radical (unpaired) electrons. The second-order valence-corrected chi connectivity index (χ2v) is 10.2. The van der Waals surface area contributed by atoms with E-state index in [9.17, 15) is 9.59 Å². The smallest absolute Gasteiger partial charge is 0.257 e. The Balaban J connectivity index is 1.39. The zero-order valence-corrected chi connectivity index (χ0v) is 21.8. The van der Waals surface area contributed by atoms with E-state index in [1.54, 1.807) is 24.5 Å². The first-order valence-electron chi connectivity index (χ1n) is 12.6. The summed E-state index contributed by atoms with van der Waals surface area (Å²) in [5.41, 5.74) is 2.33. The minimum Gasteiger partial charge on any atom is -0.478 e. The number of aryl methyl sites for hydroxylation is 1. The number of imidazole rings is 1. The first-order chi connectivity index (χ1) is 18.5. The second-order valence-electron chi connectivity index (χ2n) is 9.71. The van der Waals surface area contributed by atoms with Gasteiger partial charge in [0.25, 0.3) is 5.91 Å². The van der Waals surface area contributed by atoms with Gasteiger partial charge in [-0.25, -0.2) is 4.98 Å². The third-order valence-corrected chi connectivity index (χ3v) is 7.35. The van der Waals surface area contributed by atoms with Crippen LogP contribution in [0.5, 0.6) is 5.75 Å². The molecular weight excluding hydrogens is 506 g/mol. The molecule has 196 valence electrons. The quantitative estimate of drug-likeness (QED) is 0.409. The van der Waals surface area contributed by atoms with Crippen molar-refractivity contribution < 1.29 is 14.3 Å². The Morgan fingerprint density at radius 2 is 1.95 bits per heavy atom. The van der Waals surface area contributed by atoms with E-state index in [0.717, 1.165) is 30.0 Å². The van der Waals surface area contributed by atoms with Gasteiger partial charge in [-0.1, -0.05) is 23.7 Å². The summed E-state index contributed by atoms with van der Waals surface area (Å²) in [6.07, 6.45) is 4.89. The second kappa shape index (κ2) is 10.2. The molecular formula is C28H28ClN5O4. The lowest BCUT2D eigenvalue weighted by molar-refractivity contribution is 0.0341. The molecule has 4 aromatic rings. The van der Waals surface area contributed by atoms with Crippen molar-refractivity contribution in [1.82, 2.24) is 24.3 Å². The van der Waals surface area contributed by atoms with Gasteiger partial charge in [-0.2, -0.15) is 0 Å². The Labute approximate surface area is 224 Å². The minimum atomic E-state index is -0.421. The van der Waals surface area contributed by atoms with Crippen molar-refractivity contribution in [2.75, 3.05) is 26.3 Å². The van der Waals surface area contributed by atoms with E-state index < -0.39 is 5.91 Å². The summed E-state index contributed by atoms with van der Waals surface area (Å²) in [6, 6.07) is 11.1. The molecule has 1 amide bonds. The number of amides is 1. The van der Waals surface area contributed by atoms with Gasteiger partial charge < -0.3 is 23.9 Å². The molecule has 4 heterocycles. The molecule has 10 heteroatoms. The van der Waals surface area contributed by atoms with Gasteiger partial charge in [-0.3, -0.25) is 14.5 Å². The molecule has 0 spiro atoms. The van der Waals surface area contributed by atoms with Crippen molar-refractivity contribution in [2.45, 2.75) is 25.7 Å². The molecule has 1 atom stereocenters. The van der Waals surface area contributed by atoms with Crippen LogP contribution >= 0.6 is 11.6 Å². The lowest BCUT2D eigenvalue weighted by Gasteiger charge is -2.30. The number of benzene rings is 2. The van der Waals surface area contributed by atoms with E-state index in [0.29, 0.717) is 48.0 Å².